The summed E-state index contributed by atoms with van der Waals surface area (Å²) in [6.45, 7) is 0. The number of amides is 2. The molecule has 0 atom stereocenters. The average molecular weight is 314 g/mol. The zero-order valence-corrected chi connectivity index (χ0v) is 12.1. The summed E-state index contributed by atoms with van der Waals surface area (Å²) >= 11 is 0. The summed E-state index contributed by atoms with van der Waals surface area (Å²) in [4.78, 5) is 37.5. The number of pyridine rings is 1. The van der Waals surface area contributed by atoms with E-state index < -0.39 is 10.8 Å². The molecule has 0 unspecified atom stereocenters. The minimum absolute atomic E-state index is 0.0896. The van der Waals surface area contributed by atoms with Crippen molar-refractivity contribution in [2.75, 3.05) is 0 Å². The third-order valence-electron chi connectivity index (χ3n) is 3.00. The number of hydrogen-bond donors (Lipinski definition) is 2. The minimum atomic E-state index is -0.622. The maximum Gasteiger partial charge on any atom is 0.270 e. The van der Waals surface area contributed by atoms with E-state index in [2.05, 4.69) is 15.8 Å². The van der Waals surface area contributed by atoms with Crippen LogP contribution >= 0.6 is 0 Å². The van der Waals surface area contributed by atoms with Gasteiger partial charge in [0.25, 0.3) is 11.6 Å². The van der Waals surface area contributed by atoms with Crippen LogP contribution in [0.15, 0.2) is 48.8 Å². The van der Waals surface area contributed by atoms with Crippen LogP contribution in [0.4, 0.5) is 5.69 Å². The summed E-state index contributed by atoms with van der Waals surface area (Å²) in [7, 11) is 0. The molecule has 0 aliphatic heterocycles. The molecule has 8 heteroatoms. The number of carbonyl (C=O) groups is 2. The third kappa shape index (κ3) is 4.88. The molecule has 1 heterocycles. The summed E-state index contributed by atoms with van der Waals surface area (Å²) in [5.41, 5.74) is 5.30. The molecule has 0 spiro atoms. The molecule has 0 bridgehead atoms. The van der Waals surface area contributed by atoms with Gasteiger partial charge in [0.15, 0.2) is 0 Å². The first-order valence-corrected chi connectivity index (χ1v) is 6.79. The monoisotopic (exact) mass is 314 g/mol. The Morgan fingerprint density at radius 1 is 1.17 bits per heavy atom. The molecular weight excluding hydrogens is 300 g/mol. The zero-order chi connectivity index (χ0) is 16.7. The molecule has 118 valence electrons. The molecule has 2 N–H and O–H groups in total. The quantitative estimate of drug-likeness (QED) is 0.639. The summed E-state index contributed by atoms with van der Waals surface area (Å²) in [5.74, 6) is -0.990. The number of benzene rings is 1. The van der Waals surface area contributed by atoms with Gasteiger partial charge in [-0.05, 0) is 24.1 Å². The van der Waals surface area contributed by atoms with E-state index in [-0.39, 0.29) is 23.6 Å². The van der Waals surface area contributed by atoms with Crippen molar-refractivity contribution in [1.82, 2.24) is 15.8 Å². The second kappa shape index (κ2) is 7.64. The standard InChI is InChI=1S/C15H14N4O4/c20-14(7-6-11-3-2-8-16-10-11)17-18-15(21)12-4-1-5-13(9-12)19(22)23/h1-5,8-10H,6-7H2,(H,17,20)(H,18,21). The fourth-order valence-corrected chi connectivity index (χ4v) is 1.83. The van der Waals surface area contributed by atoms with Crippen LogP contribution in [0.25, 0.3) is 0 Å². The first-order chi connectivity index (χ1) is 11.1. The fraction of sp³-hybridized carbons (Fsp3) is 0.133. The summed E-state index contributed by atoms with van der Waals surface area (Å²) in [6.07, 6.45) is 3.98. The molecule has 1 aromatic heterocycles. The lowest BCUT2D eigenvalue weighted by Crippen LogP contribution is -2.41. The first kappa shape index (κ1) is 16.1. The Morgan fingerprint density at radius 3 is 2.70 bits per heavy atom. The smallest absolute Gasteiger partial charge is 0.270 e. The molecule has 2 amide bonds. The van der Waals surface area contributed by atoms with Gasteiger partial charge in [-0.25, -0.2) is 0 Å². The predicted molar refractivity (Wildman–Crippen MR) is 81.3 cm³/mol. The Labute approximate surface area is 131 Å². The lowest BCUT2D eigenvalue weighted by molar-refractivity contribution is -0.384. The molecule has 0 radical (unpaired) electrons. The van der Waals surface area contributed by atoms with Crippen LogP contribution in [-0.4, -0.2) is 21.7 Å². The first-order valence-electron chi connectivity index (χ1n) is 6.79. The normalized spacial score (nSPS) is 9.91. The van der Waals surface area contributed by atoms with Crippen LogP contribution in [0, 0.1) is 10.1 Å². The summed E-state index contributed by atoms with van der Waals surface area (Å²) in [6, 6.07) is 8.86. The summed E-state index contributed by atoms with van der Waals surface area (Å²) in [5, 5.41) is 10.7. The molecule has 0 aliphatic carbocycles. The van der Waals surface area contributed by atoms with Crippen molar-refractivity contribution in [3.8, 4) is 0 Å². The van der Waals surface area contributed by atoms with Crippen molar-refractivity contribution in [2.45, 2.75) is 12.8 Å². The Kier molecular flexibility index (Phi) is 5.35. The zero-order valence-electron chi connectivity index (χ0n) is 12.1. The van der Waals surface area contributed by atoms with E-state index in [1.54, 1.807) is 18.5 Å². The minimum Gasteiger partial charge on any atom is -0.273 e. The second-order valence-corrected chi connectivity index (χ2v) is 4.67. The number of aromatic nitrogens is 1. The molecule has 1 aromatic carbocycles. The maximum atomic E-state index is 11.8. The molecule has 0 saturated carbocycles. The van der Waals surface area contributed by atoms with Gasteiger partial charge in [-0.1, -0.05) is 12.1 Å². The number of rotatable bonds is 5. The molecule has 0 fully saturated rings. The average Bonchev–Trinajstić information content (AvgIpc) is 2.58. The topological polar surface area (TPSA) is 114 Å². The van der Waals surface area contributed by atoms with Gasteiger partial charge in [-0.2, -0.15) is 0 Å². The van der Waals surface area contributed by atoms with Crippen molar-refractivity contribution < 1.29 is 14.5 Å². The molecule has 8 nitrogen and oxygen atoms in total. The van der Waals surface area contributed by atoms with Crippen LogP contribution < -0.4 is 10.9 Å². The van der Waals surface area contributed by atoms with E-state index >= 15 is 0 Å². The van der Waals surface area contributed by atoms with Gasteiger partial charge in [-0.15, -0.1) is 0 Å². The van der Waals surface area contributed by atoms with Gasteiger partial charge in [0.05, 0.1) is 4.92 Å². The van der Waals surface area contributed by atoms with Gasteiger partial charge < -0.3 is 0 Å². The van der Waals surface area contributed by atoms with Gasteiger partial charge >= 0.3 is 0 Å². The summed E-state index contributed by atoms with van der Waals surface area (Å²) < 4.78 is 0. The van der Waals surface area contributed by atoms with Gasteiger partial charge in [-0.3, -0.25) is 35.5 Å². The van der Waals surface area contributed by atoms with Crippen molar-refractivity contribution in [2.24, 2.45) is 0 Å². The number of nitrogens with one attached hydrogen (secondary N) is 2. The van der Waals surface area contributed by atoms with Crippen LogP contribution in [0.2, 0.25) is 0 Å². The van der Waals surface area contributed by atoms with E-state index in [0.717, 1.165) is 11.6 Å². The van der Waals surface area contributed by atoms with Crippen LogP contribution in [0.3, 0.4) is 0 Å². The maximum absolute atomic E-state index is 11.8. The highest BCUT2D eigenvalue weighted by Crippen LogP contribution is 2.12. The number of hydrazine groups is 1. The lowest BCUT2D eigenvalue weighted by Gasteiger charge is -2.07. The number of nitro benzene ring substituents is 1. The third-order valence-corrected chi connectivity index (χ3v) is 3.00. The van der Waals surface area contributed by atoms with Crippen molar-refractivity contribution in [3.05, 3.63) is 70.0 Å². The Morgan fingerprint density at radius 2 is 2.00 bits per heavy atom. The Hall–Kier alpha value is -3.29. The number of nitro groups is 1. The molecule has 0 saturated heterocycles. The predicted octanol–water partition coefficient (Wildman–Crippen LogP) is 1.38. The van der Waals surface area contributed by atoms with E-state index in [0.29, 0.717) is 6.42 Å². The SMILES string of the molecule is O=C(CCc1cccnc1)NNC(=O)c1cccc([N+](=O)[O-])c1. The van der Waals surface area contributed by atoms with Crippen molar-refractivity contribution in [3.63, 3.8) is 0 Å². The number of hydrogen-bond acceptors (Lipinski definition) is 5. The number of nitrogens with zero attached hydrogens (tertiary/aromatic N) is 2. The van der Waals surface area contributed by atoms with Gasteiger partial charge in [0.2, 0.25) is 5.91 Å². The van der Waals surface area contributed by atoms with E-state index in [1.807, 2.05) is 6.07 Å². The number of aryl methyl sites for hydroxylation is 1. The molecular formula is C15H14N4O4. The Balaban J connectivity index is 1.83. The van der Waals surface area contributed by atoms with Crippen molar-refractivity contribution >= 4 is 17.5 Å². The largest absolute Gasteiger partial charge is 0.273 e. The fourth-order valence-electron chi connectivity index (χ4n) is 1.83. The second-order valence-electron chi connectivity index (χ2n) is 4.67. The molecule has 0 aliphatic rings. The number of carbonyl (C=O) groups excluding carboxylic acids is 2. The van der Waals surface area contributed by atoms with Gasteiger partial charge in [0.1, 0.15) is 0 Å². The van der Waals surface area contributed by atoms with E-state index in [9.17, 15) is 19.7 Å². The van der Waals surface area contributed by atoms with E-state index in [4.69, 9.17) is 0 Å². The van der Waals surface area contributed by atoms with E-state index in [1.165, 1.54) is 18.2 Å². The molecule has 2 aromatic rings. The number of non-ortho nitro benzene ring substituents is 1. The van der Waals surface area contributed by atoms with Crippen molar-refractivity contribution in [1.29, 1.82) is 0 Å². The lowest BCUT2D eigenvalue weighted by atomic mass is 10.1. The highest BCUT2D eigenvalue weighted by molar-refractivity contribution is 5.95. The van der Waals surface area contributed by atoms with Crippen LogP contribution in [-0.2, 0) is 11.2 Å². The molecule has 2 rings (SSSR count). The highest BCUT2D eigenvalue weighted by Gasteiger charge is 2.12. The van der Waals surface area contributed by atoms with Gasteiger partial charge in [0, 0.05) is 36.5 Å². The van der Waals surface area contributed by atoms with Crippen LogP contribution in [0.1, 0.15) is 22.3 Å². The Bertz CT molecular complexity index is 718. The van der Waals surface area contributed by atoms with Crippen LogP contribution in [0.5, 0.6) is 0 Å². The highest BCUT2D eigenvalue weighted by atomic mass is 16.6. The molecule has 23 heavy (non-hydrogen) atoms.